The second-order valence-corrected chi connectivity index (χ2v) is 10.4. The minimum absolute atomic E-state index is 0.222. The van der Waals surface area contributed by atoms with E-state index in [0.29, 0.717) is 24.7 Å². The van der Waals surface area contributed by atoms with Crippen LogP contribution in [0.25, 0.3) is 23.0 Å². The first-order valence-corrected chi connectivity index (χ1v) is 13.7. The van der Waals surface area contributed by atoms with Crippen molar-refractivity contribution in [3.8, 4) is 22.7 Å². The maximum Gasteiger partial charge on any atom is 0.286 e. The Hall–Kier alpha value is -4.14. The lowest BCUT2D eigenvalue weighted by atomic mass is 10.1. The number of ether oxygens (including phenoxy) is 2. The molecule has 0 atom stereocenters. The highest BCUT2D eigenvalue weighted by molar-refractivity contribution is 8.18. The number of aryl methyl sites for hydroxylation is 1. The number of carbonyl (C=O) groups is 1. The first kappa shape index (κ1) is 25.2. The van der Waals surface area contributed by atoms with Gasteiger partial charge in [-0.05, 0) is 66.7 Å². The van der Waals surface area contributed by atoms with Crippen molar-refractivity contribution in [2.45, 2.75) is 13.5 Å². The summed E-state index contributed by atoms with van der Waals surface area (Å²) in [5.41, 5.74) is 5.86. The number of benzene rings is 3. The molecule has 6 rings (SSSR count). The Morgan fingerprint density at radius 2 is 1.72 bits per heavy atom. The number of hydrogen-bond donors (Lipinski definition) is 0. The van der Waals surface area contributed by atoms with Gasteiger partial charge in [0.2, 0.25) is 0 Å². The molecule has 0 spiro atoms. The molecule has 1 aromatic heterocycles. The van der Waals surface area contributed by atoms with Crippen molar-refractivity contribution < 1.29 is 14.3 Å². The van der Waals surface area contributed by atoms with E-state index in [4.69, 9.17) is 14.6 Å². The van der Waals surface area contributed by atoms with Crippen LogP contribution in [-0.4, -0.2) is 52.1 Å². The van der Waals surface area contributed by atoms with Gasteiger partial charge in [0, 0.05) is 30.4 Å². The third kappa shape index (κ3) is 5.82. The summed E-state index contributed by atoms with van der Waals surface area (Å²) in [7, 11) is 0. The van der Waals surface area contributed by atoms with Crippen LogP contribution in [0.3, 0.4) is 0 Å². The first-order valence-electron chi connectivity index (χ1n) is 12.9. The summed E-state index contributed by atoms with van der Waals surface area (Å²) in [5.74, 6) is 0.562. The van der Waals surface area contributed by atoms with Gasteiger partial charge >= 0.3 is 0 Å². The van der Waals surface area contributed by atoms with E-state index in [9.17, 15) is 4.79 Å². The van der Waals surface area contributed by atoms with E-state index in [-0.39, 0.29) is 5.91 Å². The number of aliphatic imine (C=N–C) groups is 1. The quantitative estimate of drug-likeness (QED) is 0.293. The van der Waals surface area contributed by atoms with Gasteiger partial charge in [0.15, 0.2) is 5.17 Å². The van der Waals surface area contributed by atoms with Gasteiger partial charge in [-0.2, -0.15) is 10.1 Å². The molecule has 196 valence electrons. The van der Waals surface area contributed by atoms with E-state index in [1.165, 1.54) is 17.3 Å². The molecule has 1 fully saturated rings. The molecular formula is C31H28N4O3S. The van der Waals surface area contributed by atoms with Crippen molar-refractivity contribution in [1.29, 1.82) is 0 Å². The van der Waals surface area contributed by atoms with Crippen LogP contribution in [0.2, 0.25) is 0 Å². The van der Waals surface area contributed by atoms with E-state index in [1.807, 2.05) is 71.6 Å². The number of amidine groups is 1. The Kier molecular flexibility index (Phi) is 7.29. The van der Waals surface area contributed by atoms with E-state index >= 15 is 0 Å². The van der Waals surface area contributed by atoms with Crippen molar-refractivity contribution >= 4 is 28.9 Å². The molecule has 3 heterocycles. The molecule has 0 radical (unpaired) electrons. The van der Waals surface area contributed by atoms with Crippen LogP contribution in [0.15, 0.2) is 95.0 Å². The lowest BCUT2D eigenvalue weighted by Crippen LogP contribution is -2.38. The molecule has 2 aliphatic heterocycles. The second-order valence-electron chi connectivity index (χ2n) is 9.42. The monoisotopic (exact) mass is 536 g/mol. The van der Waals surface area contributed by atoms with Gasteiger partial charge in [-0.15, -0.1) is 0 Å². The van der Waals surface area contributed by atoms with Gasteiger partial charge < -0.3 is 14.4 Å². The van der Waals surface area contributed by atoms with Crippen LogP contribution in [0.5, 0.6) is 5.75 Å². The third-order valence-electron chi connectivity index (χ3n) is 6.59. The van der Waals surface area contributed by atoms with Gasteiger partial charge in [0.25, 0.3) is 5.91 Å². The van der Waals surface area contributed by atoms with E-state index in [2.05, 4.69) is 41.1 Å². The number of hydrogen-bond acceptors (Lipinski definition) is 6. The fourth-order valence-electron chi connectivity index (χ4n) is 4.42. The average molecular weight is 537 g/mol. The number of amides is 1. The predicted octanol–water partition coefficient (Wildman–Crippen LogP) is 5.73. The summed E-state index contributed by atoms with van der Waals surface area (Å²) in [6, 6.07) is 26.2. The van der Waals surface area contributed by atoms with E-state index in [1.54, 1.807) is 0 Å². The molecule has 8 heteroatoms. The highest BCUT2D eigenvalue weighted by Gasteiger charge is 2.28. The second kappa shape index (κ2) is 11.3. The molecule has 3 aromatic carbocycles. The Balaban J connectivity index is 1.26. The molecule has 39 heavy (non-hydrogen) atoms. The fraction of sp³-hybridized carbons (Fsp3) is 0.194. The molecule has 0 aliphatic carbocycles. The minimum atomic E-state index is -0.222. The molecule has 1 saturated heterocycles. The molecule has 2 aliphatic rings. The zero-order valence-electron chi connectivity index (χ0n) is 21.6. The summed E-state index contributed by atoms with van der Waals surface area (Å²) in [6.07, 6.45) is 3.85. The van der Waals surface area contributed by atoms with Crippen LogP contribution < -0.4 is 4.74 Å². The number of thioether (sulfide) groups is 1. The topological polar surface area (TPSA) is 68.9 Å². The highest BCUT2D eigenvalue weighted by atomic mass is 32.2. The number of aromatic nitrogens is 2. The number of morpholine rings is 1. The van der Waals surface area contributed by atoms with Crippen LogP contribution in [0.4, 0.5) is 0 Å². The normalized spacial score (nSPS) is 16.5. The summed E-state index contributed by atoms with van der Waals surface area (Å²) in [6.45, 7) is 5.34. The first-order chi connectivity index (χ1) is 19.1. The molecule has 7 nitrogen and oxygen atoms in total. The number of nitrogens with zero attached hydrogens (tertiary/aromatic N) is 4. The zero-order chi connectivity index (χ0) is 26.6. The molecular weight excluding hydrogens is 508 g/mol. The summed E-state index contributed by atoms with van der Waals surface area (Å²) in [5, 5.41) is 5.64. The molecule has 0 unspecified atom stereocenters. The summed E-state index contributed by atoms with van der Waals surface area (Å²) < 4.78 is 13.3. The number of rotatable bonds is 6. The Morgan fingerprint density at radius 3 is 2.46 bits per heavy atom. The van der Waals surface area contributed by atoms with Crippen molar-refractivity contribution in [2.24, 2.45) is 4.99 Å². The van der Waals surface area contributed by atoms with E-state index < -0.39 is 0 Å². The van der Waals surface area contributed by atoms with Gasteiger partial charge in [0.1, 0.15) is 12.4 Å². The third-order valence-corrected chi connectivity index (χ3v) is 7.64. The molecule has 0 saturated carbocycles. The van der Waals surface area contributed by atoms with Crippen LogP contribution in [-0.2, 0) is 16.1 Å². The largest absolute Gasteiger partial charge is 0.489 e. The maximum absolute atomic E-state index is 12.8. The minimum Gasteiger partial charge on any atom is -0.489 e. The highest BCUT2D eigenvalue weighted by Crippen LogP contribution is 2.34. The Morgan fingerprint density at radius 1 is 0.974 bits per heavy atom. The van der Waals surface area contributed by atoms with Crippen LogP contribution in [0.1, 0.15) is 16.7 Å². The Bertz CT molecular complexity index is 1520. The zero-order valence-corrected chi connectivity index (χ0v) is 22.4. The SMILES string of the molecule is Cc1ccc(COc2ccc(-c3nn(-c4ccccc4)cc3/C=C3\SC(N4CCOCC4)=NC3=O)cc2)cc1. The predicted molar refractivity (Wildman–Crippen MR) is 155 cm³/mol. The molecule has 1 amide bonds. The summed E-state index contributed by atoms with van der Waals surface area (Å²) in [4.78, 5) is 19.8. The number of carbonyl (C=O) groups excluding carboxylic acids is 1. The Labute approximate surface area is 231 Å². The van der Waals surface area contributed by atoms with Gasteiger partial charge in [-0.1, -0.05) is 48.0 Å². The van der Waals surface area contributed by atoms with Crippen molar-refractivity contribution in [3.63, 3.8) is 0 Å². The van der Waals surface area contributed by atoms with Gasteiger partial charge in [0.05, 0.1) is 29.5 Å². The smallest absolute Gasteiger partial charge is 0.286 e. The molecule has 4 aromatic rings. The van der Waals surface area contributed by atoms with Crippen molar-refractivity contribution in [3.05, 3.63) is 107 Å². The fourth-order valence-corrected chi connectivity index (χ4v) is 5.38. The lowest BCUT2D eigenvalue weighted by Gasteiger charge is -2.27. The lowest BCUT2D eigenvalue weighted by molar-refractivity contribution is -0.113. The van der Waals surface area contributed by atoms with Crippen molar-refractivity contribution in [1.82, 2.24) is 14.7 Å². The maximum atomic E-state index is 12.8. The number of para-hydroxylation sites is 1. The average Bonchev–Trinajstić information content (AvgIpc) is 3.57. The van der Waals surface area contributed by atoms with Gasteiger partial charge in [-0.3, -0.25) is 4.79 Å². The van der Waals surface area contributed by atoms with Crippen LogP contribution in [0, 0.1) is 6.92 Å². The molecule has 0 bridgehead atoms. The van der Waals surface area contributed by atoms with Crippen molar-refractivity contribution in [2.75, 3.05) is 26.3 Å². The van der Waals surface area contributed by atoms with Crippen LogP contribution >= 0.6 is 11.8 Å². The van der Waals surface area contributed by atoms with Gasteiger partial charge in [-0.25, -0.2) is 4.68 Å². The standard InChI is InChI=1S/C31H28N4O3S/c1-22-7-9-23(10-8-22)21-38-27-13-11-24(12-14-27)29-25(20-35(33-29)26-5-3-2-4-6-26)19-28-30(36)32-31(39-28)34-15-17-37-18-16-34/h2-14,19-20H,15-18,21H2,1H3/b28-19-. The molecule has 0 N–H and O–H groups in total. The summed E-state index contributed by atoms with van der Waals surface area (Å²) >= 11 is 1.41. The van der Waals surface area contributed by atoms with E-state index in [0.717, 1.165) is 52.1 Å².